The predicted molar refractivity (Wildman–Crippen MR) is 171 cm³/mol. The molecule has 2 fully saturated rings. The first-order valence-electron chi connectivity index (χ1n) is 14.4. The van der Waals surface area contributed by atoms with E-state index in [2.05, 4.69) is 40.7 Å². The van der Waals surface area contributed by atoms with Crippen LogP contribution in [-0.2, 0) is 26.6 Å². The van der Waals surface area contributed by atoms with Crippen LogP contribution in [0.25, 0.3) is 11.3 Å². The van der Waals surface area contributed by atoms with Crippen molar-refractivity contribution >= 4 is 64.4 Å². The van der Waals surface area contributed by atoms with Crippen molar-refractivity contribution in [3.05, 3.63) is 41.7 Å². The number of carbonyl (C=O) groups is 1. The van der Waals surface area contributed by atoms with Gasteiger partial charge in [0, 0.05) is 85.1 Å². The maximum absolute atomic E-state index is 13.6. The lowest BCUT2D eigenvalue weighted by Crippen LogP contribution is -2.39. The molecule has 0 spiro atoms. The second-order valence-corrected chi connectivity index (χ2v) is 10.2. The molecule has 5 radical (unpaired) electrons. The third-order valence-corrected chi connectivity index (χ3v) is 6.66. The molecule has 2 aliphatic rings. The standard InChI is InChI=1S/C18H21F3N6O2.C8H8BF3N2O3.B3/c19-18(20,21)13-9-15(22)23-11-12(13)14-10-16(26-1-5-28-6-2-26)25-17(24-14)27-3-7-29-8-4-27;1-4(15)14-7-2-5(8(10,11)12)6(3-13-7)9(16)17;1-3-2/h9-11H,1-8H2,(H2,22,23);2-3,16-17H,1H3,(H,13,14,15);. The summed E-state index contributed by atoms with van der Waals surface area (Å²) in [7, 11) is 7.71. The smallest absolute Gasteiger partial charge is 0.423 e. The third-order valence-electron chi connectivity index (χ3n) is 6.66. The molecule has 1 amide bonds. The molecule has 5 heterocycles. The summed E-state index contributed by atoms with van der Waals surface area (Å²) in [5, 5.41) is 19.6. The topological polar surface area (TPSA) is 172 Å². The first-order chi connectivity index (χ1) is 23.0. The van der Waals surface area contributed by atoms with Gasteiger partial charge < -0.3 is 40.4 Å². The summed E-state index contributed by atoms with van der Waals surface area (Å²) < 4.78 is 89.4. The molecular weight excluding hydrogens is 662 g/mol. The van der Waals surface area contributed by atoms with Crippen molar-refractivity contribution in [1.29, 1.82) is 0 Å². The normalized spacial score (nSPS) is 14.9. The molecule has 257 valence electrons. The average molecular weight is 691 g/mol. The highest BCUT2D eigenvalue weighted by molar-refractivity contribution is 7.17. The van der Waals surface area contributed by atoms with Crippen LogP contribution in [0, 0.1) is 0 Å². The van der Waals surface area contributed by atoms with E-state index in [0.29, 0.717) is 76.6 Å². The number of halogens is 6. The van der Waals surface area contributed by atoms with Crippen molar-refractivity contribution in [3.63, 3.8) is 0 Å². The highest BCUT2D eigenvalue weighted by Gasteiger charge is 2.37. The van der Waals surface area contributed by atoms with Crippen molar-refractivity contribution in [2.75, 3.05) is 73.5 Å². The minimum Gasteiger partial charge on any atom is -0.423 e. The van der Waals surface area contributed by atoms with Crippen LogP contribution >= 0.6 is 0 Å². The van der Waals surface area contributed by atoms with Gasteiger partial charge in [0.25, 0.3) is 0 Å². The van der Waals surface area contributed by atoms with Gasteiger partial charge in [-0.25, -0.2) is 15.0 Å². The number of anilines is 4. The zero-order chi connectivity index (χ0) is 36.4. The van der Waals surface area contributed by atoms with Gasteiger partial charge in [-0.05, 0) is 12.1 Å². The van der Waals surface area contributed by atoms with Gasteiger partial charge >= 0.3 is 19.5 Å². The average Bonchev–Trinajstić information content (AvgIpc) is 3.05. The summed E-state index contributed by atoms with van der Waals surface area (Å²) in [4.78, 5) is 30.9. The Morgan fingerprint density at radius 2 is 1.45 bits per heavy atom. The zero-order valence-electron chi connectivity index (χ0n) is 26.0. The number of amides is 1. The number of pyridine rings is 2. The van der Waals surface area contributed by atoms with Crippen LogP contribution in [0.5, 0.6) is 0 Å². The van der Waals surface area contributed by atoms with Gasteiger partial charge in [-0.1, -0.05) is 0 Å². The van der Waals surface area contributed by atoms with Crippen molar-refractivity contribution in [1.82, 2.24) is 19.9 Å². The minimum absolute atomic E-state index is 0.127. The first kappa shape index (κ1) is 39.4. The highest BCUT2D eigenvalue weighted by atomic mass is 19.4. The lowest BCUT2D eigenvalue weighted by atomic mass is 9.40. The first-order valence-corrected chi connectivity index (χ1v) is 14.4. The van der Waals surface area contributed by atoms with Crippen LogP contribution in [0.15, 0.2) is 30.6 Å². The van der Waals surface area contributed by atoms with E-state index in [1.165, 1.54) is 0 Å². The van der Waals surface area contributed by atoms with Crippen LogP contribution in [0.1, 0.15) is 18.1 Å². The van der Waals surface area contributed by atoms with Gasteiger partial charge in [0.15, 0.2) is 0 Å². The van der Waals surface area contributed by atoms with Crippen LogP contribution in [0.3, 0.4) is 0 Å². The number of carbonyl (C=O) groups excluding carboxylic acids is 1. The summed E-state index contributed by atoms with van der Waals surface area (Å²) in [6.45, 7) is 5.54. The number of nitrogen functional groups attached to an aromatic ring is 1. The molecule has 2 saturated heterocycles. The molecule has 23 heteroatoms. The van der Waals surface area contributed by atoms with Crippen LogP contribution in [0.2, 0.25) is 0 Å². The third kappa shape index (κ3) is 11.5. The number of hydrogen-bond acceptors (Lipinski definition) is 12. The number of morpholine rings is 2. The van der Waals surface area contributed by atoms with E-state index >= 15 is 0 Å². The van der Waals surface area contributed by atoms with E-state index in [-0.39, 0.29) is 22.9 Å². The van der Waals surface area contributed by atoms with Crippen LogP contribution in [-0.4, -0.2) is 118 Å². The molecule has 5 N–H and O–H groups in total. The van der Waals surface area contributed by atoms with Crippen molar-refractivity contribution < 1.29 is 50.7 Å². The van der Waals surface area contributed by atoms with E-state index in [4.69, 9.17) is 25.3 Å². The summed E-state index contributed by atoms with van der Waals surface area (Å²) in [5.41, 5.74) is 2.64. The molecule has 5 rings (SSSR count). The summed E-state index contributed by atoms with van der Waals surface area (Å²) >= 11 is 0. The lowest BCUT2D eigenvalue weighted by Gasteiger charge is -2.31. The molecule has 0 aliphatic carbocycles. The lowest BCUT2D eigenvalue weighted by molar-refractivity contribution is -0.137. The Hall–Kier alpha value is -4.07. The Morgan fingerprint density at radius 3 is 1.96 bits per heavy atom. The Kier molecular flexibility index (Phi) is 14.1. The molecule has 2 aliphatic heterocycles. The minimum atomic E-state index is -4.77. The molecule has 0 unspecified atom stereocenters. The molecule has 3 aromatic rings. The Bertz CT molecular complexity index is 1510. The molecule has 0 bridgehead atoms. The number of nitrogens with two attached hydrogens (primary N) is 1. The predicted octanol–water partition coefficient (Wildman–Crippen LogP) is 0.409. The highest BCUT2D eigenvalue weighted by Crippen LogP contribution is 2.38. The number of alkyl halides is 6. The zero-order valence-corrected chi connectivity index (χ0v) is 26.0. The van der Waals surface area contributed by atoms with E-state index in [9.17, 15) is 31.1 Å². The number of hydrogen-bond donors (Lipinski definition) is 4. The Morgan fingerprint density at radius 1 is 0.898 bits per heavy atom. The van der Waals surface area contributed by atoms with Gasteiger partial charge in [-0.15, -0.1) is 0 Å². The molecule has 13 nitrogen and oxygen atoms in total. The second-order valence-electron chi connectivity index (χ2n) is 10.2. The number of aromatic nitrogens is 4. The fourth-order valence-electron chi connectivity index (χ4n) is 4.50. The number of ether oxygens (including phenoxy) is 2. The van der Waals surface area contributed by atoms with Crippen molar-refractivity contribution in [2.24, 2.45) is 0 Å². The number of rotatable bonds is 5. The second kappa shape index (κ2) is 17.5. The summed E-state index contributed by atoms with van der Waals surface area (Å²) in [6.07, 6.45) is -7.59. The fraction of sp³-hybridized carbons (Fsp3) is 0.423. The van der Waals surface area contributed by atoms with E-state index in [0.717, 1.165) is 26.2 Å². The van der Waals surface area contributed by atoms with Gasteiger partial charge in [0.1, 0.15) is 17.5 Å². The van der Waals surface area contributed by atoms with Crippen molar-refractivity contribution in [2.45, 2.75) is 19.3 Å². The summed E-state index contributed by atoms with van der Waals surface area (Å²) in [6, 6.07) is 2.94. The van der Waals surface area contributed by atoms with E-state index < -0.39 is 42.0 Å². The van der Waals surface area contributed by atoms with Gasteiger partial charge in [0.05, 0.1) is 43.2 Å². The van der Waals surface area contributed by atoms with E-state index in [1.54, 1.807) is 6.07 Å². The SMILES string of the molecule is CC(=O)Nc1cc(C(F)(F)F)c(B(O)O)cn1.Nc1cc(C(F)(F)F)c(-c2cc(N3CCOCC3)nc(N3CCOCC3)n2)cn1.[B][B][B]. The Labute approximate surface area is 280 Å². The monoisotopic (exact) mass is 691 g/mol. The number of nitrogens with one attached hydrogen (secondary N) is 1. The van der Waals surface area contributed by atoms with Gasteiger partial charge in [-0.3, -0.25) is 4.79 Å². The maximum atomic E-state index is 13.6. The molecule has 0 saturated carbocycles. The quantitative estimate of drug-likeness (QED) is 0.215. The molecule has 0 atom stereocenters. The Balaban J connectivity index is 0.000000277. The largest absolute Gasteiger partial charge is 0.490 e. The van der Waals surface area contributed by atoms with E-state index in [1.807, 2.05) is 9.80 Å². The fourth-order valence-corrected chi connectivity index (χ4v) is 4.50. The molecule has 3 aromatic heterocycles. The van der Waals surface area contributed by atoms with Gasteiger partial charge in [-0.2, -0.15) is 31.3 Å². The van der Waals surface area contributed by atoms with Crippen LogP contribution < -0.4 is 26.3 Å². The summed E-state index contributed by atoms with van der Waals surface area (Å²) in [5.74, 6) is -0.156. The van der Waals surface area contributed by atoms with Crippen molar-refractivity contribution in [3.8, 4) is 11.3 Å². The maximum Gasteiger partial charge on any atom is 0.490 e. The van der Waals surface area contributed by atoms with Gasteiger partial charge in [0.2, 0.25) is 11.9 Å². The molecule has 0 aromatic carbocycles. The van der Waals surface area contributed by atoms with Crippen LogP contribution in [0.4, 0.5) is 49.7 Å². The molecule has 49 heavy (non-hydrogen) atoms. The number of nitrogens with zero attached hydrogens (tertiary/aromatic N) is 6. The molecular formula is C26H29B4F6N8O5.